The van der Waals surface area contributed by atoms with Gasteiger partial charge in [-0.15, -0.1) is 0 Å². The van der Waals surface area contributed by atoms with Crippen molar-refractivity contribution in [1.82, 2.24) is 0 Å². The lowest BCUT2D eigenvalue weighted by Crippen LogP contribution is -2.09. The summed E-state index contributed by atoms with van der Waals surface area (Å²) in [5.41, 5.74) is 5.15. The molecule has 0 aliphatic heterocycles. The van der Waals surface area contributed by atoms with E-state index in [0.717, 1.165) is 6.42 Å². The number of hydrogen-bond donors (Lipinski definition) is 1. The second kappa shape index (κ2) is 27.2. The molecule has 31 heavy (non-hydrogen) atoms. The normalized spacial score (nSPS) is 11.5. The predicted octanol–water partition coefficient (Wildman–Crippen LogP) is 9.80. The van der Waals surface area contributed by atoms with Crippen LogP contribution in [0.15, 0.2) is 12.2 Å². The maximum atomic E-state index is 10.7. The third kappa shape index (κ3) is 29.2. The topological polar surface area (TPSA) is 43.1 Å². The number of amides is 1. The van der Waals surface area contributed by atoms with Crippen LogP contribution in [0.2, 0.25) is 0 Å². The van der Waals surface area contributed by atoms with Crippen molar-refractivity contribution in [2.24, 2.45) is 5.73 Å². The van der Waals surface area contributed by atoms with E-state index in [1.165, 1.54) is 148 Å². The van der Waals surface area contributed by atoms with Gasteiger partial charge in [-0.05, 0) is 32.1 Å². The summed E-state index contributed by atoms with van der Waals surface area (Å²) in [5, 5.41) is 0. The van der Waals surface area contributed by atoms with E-state index in [9.17, 15) is 4.79 Å². The molecule has 0 bridgehead atoms. The molecule has 0 aromatic carbocycles. The molecule has 1 amide bonds. The number of primary amides is 1. The summed E-state index contributed by atoms with van der Waals surface area (Å²) in [6.45, 7) is 2.28. The first-order valence-electron chi connectivity index (χ1n) is 14.2. The zero-order valence-electron chi connectivity index (χ0n) is 21.3. The van der Waals surface area contributed by atoms with E-state index in [4.69, 9.17) is 5.73 Å². The molecular formula is C29H57NO. The molecule has 2 N–H and O–H groups in total. The number of rotatable bonds is 26. The summed E-state index contributed by atoms with van der Waals surface area (Å²) in [5.74, 6) is -0.151. The van der Waals surface area contributed by atoms with Crippen molar-refractivity contribution in [1.29, 1.82) is 0 Å². The van der Waals surface area contributed by atoms with E-state index in [2.05, 4.69) is 19.1 Å². The molecule has 0 saturated heterocycles. The van der Waals surface area contributed by atoms with Crippen molar-refractivity contribution in [2.75, 3.05) is 0 Å². The Balaban J connectivity index is 3.05. The minimum Gasteiger partial charge on any atom is -0.370 e. The number of carbonyl (C=O) groups excluding carboxylic acids is 1. The van der Waals surface area contributed by atoms with Crippen LogP contribution in [0.5, 0.6) is 0 Å². The van der Waals surface area contributed by atoms with Crippen LogP contribution in [0, 0.1) is 0 Å². The molecule has 0 radical (unpaired) electrons. The summed E-state index contributed by atoms with van der Waals surface area (Å²) in [6.07, 6.45) is 38.2. The van der Waals surface area contributed by atoms with Crippen molar-refractivity contribution in [3.05, 3.63) is 12.2 Å². The minimum absolute atomic E-state index is 0.151. The lowest BCUT2D eigenvalue weighted by Gasteiger charge is -2.04. The van der Waals surface area contributed by atoms with Crippen molar-refractivity contribution < 1.29 is 4.79 Å². The first-order chi connectivity index (χ1) is 15.3. The molecule has 0 aliphatic carbocycles. The Morgan fingerprint density at radius 3 is 1.10 bits per heavy atom. The number of allylic oxidation sites excluding steroid dienone is 2. The van der Waals surface area contributed by atoms with E-state index >= 15 is 0 Å². The lowest BCUT2D eigenvalue weighted by atomic mass is 10.0. The van der Waals surface area contributed by atoms with E-state index in [1.807, 2.05) is 0 Å². The third-order valence-electron chi connectivity index (χ3n) is 6.43. The van der Waals surface area contributed by atoms with E-state index in [1.54, 1.807) is 0 Å². The standard InChI is InChI=1S/C29H57NO/c1-2-3-4-5-6-7-8-9-10-11-12-13-14-15-16-17-18-19-20-21-22-23-24-25-26-27-28-29(30)31/h7-8H,2-6,9-28H2,1H3,(H2,30,31). The molecule has 0 aromatic rings. The maximum Gasteiger partial charge on any atom is 0.217 e. The fourth-order valence-corrected chi connectivity index (χ4v) is 4.31. The van der Waals surface area contributed by atoms with Gasteiger partial charge in [-0.3, -0.25) is 4.79 Å². The molecular weight excluding hydrogens is 378 g/mol. The second-order valence-corrected chi connectivity index (χ2v) is 9.69. The van der Waals surface area contributed by atoms with Gasteiger partial charge in [0.05, 0.1) is 0 Å². The van der Waals surface area contributed by atoms with Gasteiger partial charge in [-0.2, -0.15) is 0 Å². The maximum absolute atomic E-state index is 10.7. The summed E-state index contributed by atoms with van der Waals surface area (Å²) in [6, 6.07) is 0. The molecule has 0 fully saturated rings. The predicted molar refractivity (Wildman–Crippen MR) is 139 cm³/mol. The summed E-state index contributed by atoms with van der Waals surface area (Å²) in [7, 11) is 0. The van der Waals surface area contributed by atoms with Gasteiger partial charge < -0.3 is 5.73 Å². The minimum atomic E-state index is -0.151. The van der Waals surface area contributed by atoms with Gasteiger partial charge >= 0.3 is 0 Å². The van der Waals surface area contributed by atoms with Crippen molar-refractivity contribution in [2.45, 2.75) is 167 Å². The van der Waals surface area contributed by atoms with E-state index in [-0.39, 0.29) is 5.91 Å². The first-order valence-corrected chi connectivity index (χ1v) is 14.2. The molecule has 0 saturated carbocycles. The SMILES string of the molecule is CCCCCCC=CCCCCCCCCCCCCCCCCCCCCC(N)=O. The first kappa shape index (κ1) is 30.2. The summed E-state index contributed by atoms with van der Waals surface area (Å²) >= 11 is 0. The lowest BCUT2D eigenvalue weighted by molar-refractivity contribution is -0.118. The van der Waals surface area contributed by atoms with Gasteiger partial charge in [0.15, 0.2) is 0 Å². The van der Waals surface area contributed by atoms with E-state index in [0.29, 0.717) is 6.42 Å². The highest BCUT2D eigenvalue weighted by atomic mass is 16.1. The highest BCUT2D eigenvalue weighted by Crippen LogP contribution is 2.15. The second-order valence-electron chi connectivity index (χ2n) is 9.69. The fourth-order valence-electron chi connectivity index (χ4n) is 4.31. The Morgan fingerprint density at radius 2 is 0.774 bits per heavy atom. The monoisotopic (exact) mass is 435 g/mol. The molecule has 0 aliphatic rings. The van der Waals surface area contributed by atoms with Gasteiger partial charge in [-0.1, -0.05) is 141 Å². The number of carbonyl (C=O) groups is 1. The molecule has 0 rings (SSSR count). The number of nitrogens with two attached hydrogens (primary N) is 1. The molecule has 2 heteroatoms. The van der Waals surface area contributed by atoms with Gasteiger partial charge in [0, 0.05) is 6.42 Å². The van der Waals surface area contributed by atoms with Crippen LogP contribution in [0.25, 0.3) is 0 Å². The largest absolute Gasteiger partial charge is 0.370 e. The average Bonchev–Trinajstić information content (AvgIpc) is 2.76. The Morgan fingerprint density at radius 1 is 0.484 bits per heavy atom. The summed E-state index contributed by atoms with van der Waals surface area (Å²) < 4.78 is 0. The molecule has 0 atom stereocenters. The zero-order chi connectivity index (χ0) is 22.7. The quantitative estimate of drug-likeness (QED) is 0.107. The van der Waals surface area contributed by atoms with Crippen molar-refractivity contribution in [3.8, 4) is 0 Å². The molecule has 0 aromatic heterocycles. The molecule has 2 nitrogen and oxygen atoms in total. The number of unbranched alkanes of at least 4 members (excludes halogenated alkanes) is 22. The van der Waals surface area contributed by atoms with Crippen LogP contribution in [0.1, 0.15) is 167 Å². The van der Waals surface area contributed by atoms with Crippen molar-refractivity contribution >= 4 is 5.91 Å². The van der Waals surface area contributed by atoms with E-state index < -0.39 is 0 Å². The Hall–Kier alpha value is -0.790. The molecule has 0 spiro atoms. The average molecular weight is 436 g/mol. The van der Waals surface area contributed by atoms with Crippen LogP contribution in [0.4, 0.5) is 0 Å². The van der Waals surface area contributed by atoms with Crippen molar-refractivity contribution in [3.63, 3.8) is 0 Å². The highest BCUT2D eigenvalue weighted by molar-refractivity contribution is 5.73. The van der Waals surface area contributed by atoms with Gasteiger partial charge in [0.1, 0.15) is 0 Å². The molecule has 0 unspecified atom stereocenters. The zero-order valence-corrected chi connectivity index (χ0v) is 21.3. The number of hydrogen-bond acceptors (Lipinski definition) is 1. The van der Waals surface area contributed by atoms with Crippen LogP contribution >= 0.6 is 0 Å². The van der Waals surface area contributed by atoms with Gasteiger partial charge in [0.25, 0.3) is 0 Å². The third-order valence-corrected chi connectivity index (χ3v) is 6.43. The summed E-state index contributed by atoms with van der Waals surface area (Å²) in [4.78, 5) is 10.7. The fraction of sp³-hybridized carbons (Fsp3) is 0.897. The van der Waals surface area contributed by atoms with Crippen LogP contribution in [0.3, 0.4) is 0 Å². The Kier molecular flexibility index (Phi) is 26.5. The Labute approximate surface area is 196 Å². The van der Waals surface area contributed by atoms with Crippen LogP contribution < -0.4 is 5.73 Å². The molecule has 184 valence electrons. The van der Waals surface area contributed by atoms with Crippen LogP contribution in [-0.4, -0.2) is 5.91 Å². The smallest absolute Gasteiger partial charge is 0.217 e. The molecule has 0 heterocycles. The van der Waals surface area contributed by atoms with Crippen LogP contribution in [-0.2, 0) is 4.79 Å². The Bertz CT molecular complexity index is 377. The highest BCUT2D eigenvalue weighted by Gasteiger charge is 1.96. The van der Waals surface area contributed by atoms with Gasteiger partial charge in [0.2, 0.25) is 5.91 Å². The van der Waals surface area contributed by atoms with Gasteiger partial charge in [-0.25, -0.2) is 0 Å².